The van der Waals surface area contributed by atoms with Crippen LogP contribution >= 0.6 is 0 Å². The summed E-state index contributed by atoms with van der Waals surface area (Å²) in [6.07, 6.45) is 4.01. The van der Waals surface area contributed by atoms with E-state index >= 15 is 0 Å². The summed E-state index contributed by atoms with van der Waals surface area (Å²) in [6.45, 7) is 7.76. The van der Waals surface area contributed by atoms with Gasteiger partial charge in [0.15, 0.2) is 0 Å². The zero-order valence-electron chi connectivity index (χ0n) is 10.7. The van der Waals surface area contributed by atoms with Crippen molar-refractivity contribution < 1.29 is 4.74 Å². The van der Waals surface area contributed by atoms with E-state index in [-0.39, 0.29) is 0 Å². The highest BCUT2D eigenvalue weighted by Crippen LogP contribution is 2.27. The molecule has 4 heteroatoms. The fourth-order valence-corrected chi connectivity index (χ4v) is 3.09. The first-order chi connectivity index (χ1) is 8.33. The van der Waals surface area contributed by atoms with Gasteiger partial charge in [-0.3, -0.25) is 9.80 Å². The Bertz CT molecular complexity index is 243. The second kappa shape index (κ2) is 5.22. The molecule has 0 spiro atoms. The third-order valence-corrected chi connectivity index (χ3v) is 4.51. The first kappa shape index (κ1) is 11.9. The van der Waals surface area contributed by atoms with Gasteiger partial charge in [-0.05, 0) is 19.3 Å². The van der Waals surface area contributed by atoms with Crippen molar-refractivity contribution in [2.75, 3.05) is 45.9 Å². The van der Waals surface area contributed by atoms with Crippen LogP contribution in [0.1, 0.15) is 19.3 Å². The Morgan fingerprint density at radius 1 is 1.12 bits per heavy atom. The van der Waals surface area contributed by atoms with Crippen LogP contribution in [0.4, 0.5) is 0 Å². The minimum atomic E-state index is 0.310. The smallest absolute Gasteiger partial charge is 0.0510 e. The molecule has 0 aromatic carbocycles. The number of ether oxygens (including phenoxy) is 1. The minimum absolute atomic E-state index is 0.310. The van der Waals surface area contributed by atoms with E-state index in [9.17, 15) is 0 Å². The van der Waals surface area contributed by atoms with Crippen molar-refractivity contribution in [1.29, 1.82) is 0 Å². The number of hydrogen-bond donors (Lipinski definition) is 1. The minimum Gasteiger partial charge on any atom is -0.381 e. The molecule has 98 valence electrons. The van der Waals surface area contributed by atoms with Crippen LogP contribution in [0.3, 0.4) is 0 Å². The third kappa shape index (κ3) is 2.99. The van der Waals surface area contributed by atoms with Gasteiger partial charge in [0, 0.05) is 57.3 Å². The van der Waals surface area contributed by atoms with Crippen molar-refractivity contribution in [3.05, 3.63) is 0 Å². The van der Waals surface area contributed by atoms with Crippen LogP contribution in [-0.2, 0) is 4.74 Å². The molecule has 2 N–H and O–H groups in total. The zero-order chi connectivity index (χ0) is 11.7. The van der Waals surface area contributed by atoms with Crippen LogP contribution in [0.2, 0.25) is 0 Å². The lowest BCUT2D eigenvalue weighted by atomic mass is 9.99. The average Bonchev–Trinajstić information content (AvgIpc) is 3.05. The molecule has 0 aromatic rings. The Kier molecular flexibility index (Phi) is 3.66. The van der Waals surface area contributed by atoms with E-state index < -0.39 is 0 Å². The molecule has 0 bridgehead atoms. The molecular weight excluding hydrogens is 214 g/mol. The highest BCUT2D eigenvalue weighted by Gasteiger charge is 2.32. The van der Waals surface area contributed by atoms with Gasteiger partial charge in [-0.25, -0.2) is 0 Å². The molecule has 1 saturated carbocycles. The van der Waals surface area contributed by atoms with Crippen molar-refractivity contribution in [3.63, 3.8) is 0 Å². The lowest BCUT2D eigenvalue weighted by Gasteiger charge is -2.36. The van der Waals surface area contributed by atoms with Crippen LogP contribution < -0.4 is 5.73 Å². The fraction of sp³-hybridized carbons (Fsp3) is 1.00. The standard InChI is InChI=1S/C13H25N3O/c14-13(11-3-8-17-10-11)9-15-4-6-16(7-5-15)12-1-2-12/h11-13H,1-10,14H2. The number of piperazine rings is 1. The fourth-order valence-electron chi connectivity index (χ4n) is 3.09. The van der Waals surface area contributed by atoms with Gasteiger partial charge in [-0.1, -0.05) is 0 Å². The Hall–Kier alpha value is -0.160. The lowest BCUT2D eigenvalue weighted by molar-refractivity contribution is 0.111. The summed E-state index contributed by atoms with van der Waals surface area (Å²) < 4.78 is 5.42. The Morgan fingerprint density at radius 2 is 1.88 bits per heavy atom. The molecule has 17 heavy (non-hydrogen) atoms. The summed E-state index contributed by atoms with van der Waals surface area (Å²) in [5.74, 6) is 0.594. The van der Waals surface area contributed by atoms with Gasteiger partial charge in [0.2, 0.25) is 0 Å². The SMILES string of the molecule is NC(CN1CCN(C2CC2)CC1)C1CCOC1. The number of hydrogen-bond acceptors (Lipinski definition) is 4. The van der Waals surface area contributed by atoms with Crippen LogP contribution in [0.5, 0.6) is 0 Å². The maximum Gasteiger partial charge on any atom is 0.0510 e. The van der Waals surface area contributed by atoms with Crippen molar-refractivity contribution >= 4 is 0 Å². The van der Waals surface area contributed by atoms with E-state index in [1.807, 2.05) is 0 Å². The monoisotopic (exact) mass is 239 g/mol. The summed E-state index contributed by atoms with van der Waals surface area (Å²) in [6, 6.07) is 1.24. The van der Waals surface area contributed by atoms with Crippen molar-refractivity contribution in [1.82, 2.24) is 9.80 Å². The molecule has 2 saturated heterocycles. The topological polar surface area (TPSA) is 41.7 Å². The van der Waals surface area contributed by atoms with E-state index in [1.165, 1.54) is 39.0 Å². The number of nitrogens with zero attached hydrogens (tertiary/aromatic N) is 2. The average molecular weight is 239 g/mol. The zero-order valence-corrected chi connectivity index (χ0v) is 10.7. The molecule has 2 aliphatic heterocycles. The lowest BCUT2D eigenvalue weighted by Crippen LogP contribution is -2.51. The molecule has 3 rings (SSSR count). The second-order valence-corrected chi connectivity index (χ2v) is 5.86. The molecule has 2 atom stereocenters. The highest BCUT2D eigenvalue weighted by atomic mass is 16.5. The van der Waals surface area contributed by atoms with Gasteiger partial charge >= 0.3 is 0 Å². The highest BCUT2D eigenvalue weighted by molar-refractivity contribution is 4.88. The van der Waals surface area contributed by atoms with Gasteiger partial charge < -0.3 is 10.5 Å². The summed E-state index contributed by atoms with van der Waals surface area (Å²) in [5.41, 5.74) is 6.28. The van der Waals surface area contributed by atoms with Gasteiger partial charge in [0.25, 0.3) is 0 Å². The molecule has 4 nitrogen and oxygen atoms in total. The van der Waals surface area contributed by atoms with Gasteiger partial charge in [0.05, 0.1) is 6.61 Å². The van der Waals surface area contributed by atoms with Crippen LogP contribution in [0, 0.1) is 5.92 Å². The van der Waals surface area contributed by atoms with Gasteiger partial charge in [-0.2, -0.15) is 0 Å². The second-order valence-electron chi connectivity index (χ2n) is 5.86. The molecule has 3 aliphatic rings. The molecule has 3 fully saturated rings. The third-order valence-electron chi connectivity index (χ3n) is 4.51. The molecule has 2 heterocycles. The van der Waals surface area contributed by atoms with Crippen LogP contribution in [0.15, 0.2) is 0 Å². The predicted molar refractivity (Wildman–Crippen MR) is 67.9 cm³/mol. The van der Waals surface area contributed by atoms with Crippen LogP contribution in [0.25, 0.3) is 0 Å². The Morgan fingerprint density at radius 3 is 2.47 bits per heavy atom. The maximum atomic E-state index is 6.28. The molecule has 0 radical (unpaired) electrons. The van der Waals surface area contributed by atoms with E-state index in [4.69, 9.17) is 10.5 Å². The van der Waals surface area contributed by atoms with Gasteiger partial charge in [0.1, 0.15) is 0 Å². The summed E-state index contributed by atoms with van der Waals surface area (Å²) >= 11 is 0. The summed E-state index contributed by atoms with van der Waals surface area (Å²) in [4.78, 5) is 5.20. The first-order valence-electron chi connectivity index (χ1n) is 7.12. The largest absolute Gasteiger partial charge is 0.381 e. The Labute approximate surface area is 104 Å². The molecular formula is C13H25N3O. The summed E-state index contributed by atoms with van der Waals surface area (Å²) in [5, 5.41) is 0. The molecule has 1 aliphatic carbocycles. The predicted octanol–water partition coefficient (Wildman–Crippen LogP) is 0.130. The van der Waals surface area contributed by atoms with E-state index in [0.29, 0.717) is 12.0 Å². The van der Waals surface area contributed by atoms with Crippen LogP contribution in [-0.4, -0.2) is 67.8 Å². The molecule has 0 amide bonds. The Balaban J connectivity index is 1.40. The van der Waals surface area contributed by atoms with E-state index in [0.717, 1.165) is 32.2 Å². The molecule has 2 unspecified atom stereocenters. The molecule has 0 aromatic heterocycles. The normalized spacial score (nSPS) is 34.1. The van der Waals surface area contributed by atoms with Crippen molar-refractivity contribution in [3.8, 4) is 0 Å². The maximum absolute atomic E-state index is 6.28. The van der Waals surface area contributed by atoms with E-state index in [1.54, 1.807) is 0 Å². The quantitative estimate of drug-likeness (QED) is 0.757. The van der Waals surface area contributed by atoms with E-state index in [2.05, 4.69) is 9.80 Å². The summed E-state index contributed by atoms with van der Waals surface area (Å²) in [7, 11) is 0. The van der Waals surface area contributed by atoms with Gasteiger partial charge in [-0.15, -0.1) is 0 Å². The number of nitrogens with two attached hydrogens (primary N) is 1. The number of rotatable bonds is 4. The first-order valence-corrected chi connectivity index (χ1v) is 7.12. The van der Waals surface area contributed by atoms with Crippen molar-refractivity contribution in [2.24, 2.45) is 11.7 Å². The van der Waals surface area contributed by atoms with Crippen molar-refractivity contribution in [2.45, 2.75) is 31.3 Å².